The average molecular weight is 286 g/mol. The van der Waals surface area contributed by atoms with E-state index < -0.39 is 4.92 Å². The number of fused-ring (bicyclic) bond motifs is 1. The predicted octanol–water partition coefficient (Wildman–Crippen LogP) is 3.65. The first-order valence-electron chi connectivity index (χ1n) is 5.86. The molecule has 3 rings (SSSR count). The van der Waals surface area contributed by atoms with Crippen molar-refractivity contribution in [3.8, 4) is 0 Å². The number of anilines is 2. The van der Waals surface area contributed by atoms with E-state index >= 15 is 0 Å². The fourth-order valence-corrected chi connectivity index (χ4v) is 2.70. The summed E-state index contributed by atoms with van der Waals surface area (Å²) in [5.74, 6) is 0.566. The lowest BCUT2D eigenvalue weighted by Crippen LogP contribution is -1.94. The van der Waals surface area contributed by atoms with Crippen molar-refractivity contribution in [1.82, 2.24) is 9.97 Å². The Bertz CT molecular complexity index is 783. The second-order valence-corrected chi connectivity index (χ2v) is 5.43. The first-order chi connectivity index (χ1) is 9.61. The molecule has 7 heteroatoms. The third-order valence-corrected chi connectivity index (χ3v) is 3.66. The van der Waals surface area contributed by atoms with Crippen LogP contribution in [-0.2, 0) is 0 Å². The van der Waals surface area contributed by atoms with Crippen LogP contribution >= 0.6 is 11.3 Å². The van der Waals surface area contributed by atoms with Gasteiger partial charge in [-0.1, -0.05) is 0 Å². The van der Waals surface area contributed by atoms with Crippen molar-refractivity contribution in [2.75, 3.05) is 5.32 Å². The number of nitrogens with one attached hydrogen (secondary N) is 1. The second kappa shape index (κ2) is 4.86. The summed E-state index contributed by atoms with van der Waals surface area (Å²) in [6.07, 6.45) is 1.23. The van der Waals surface area contributed by atoms with Gasteiger partial charge < -0.3 is 5.32 Å². The van der Waals surface area contributed by atoms with E-state index in [9.17, 15) is 10.1 Å². The number of rotatable bonds is 3. The summed E-state index contributed by atoms with van der Waals surface area (Å²) in [6, 6.07) is 8.84. The molecule has 0 aliphatic carbocycles. The van der Waals surface area contributed by atoms with Crippen LogP contribution in [-0.4, -0.2) is 14.9 Å². The van der Waals surface area contributed by atoms with Crippen molar-refractivity contribution >= 4 is 38.7 Å². The van der Waals surface area contributed by atoms with Crippen LogP contribution in [0.2, 0.25) is 0 Å². The van der Waals surface area contributed by atoms with E-state index in [0.717, 1.165) is 20.9 Å². The topological polar surface area (TPSA) is 81.0 Å². The number of pyridine rings is 1. The van der Waals surface area contributed by atoms with Crippen molar-refractivity contribution < 1.29 is 4.92 Å². The molecule has 0 atom stereocenters. The average Bonchev–Trinajstić information content (AvgIpc) is 2.78. The minimum Gasteiger partial charge on any atom is -0.340 e. The van der Waals surface area contributed by atoms with Crippen molar-refractivity contribution in [3.05, 3.63) is 51.7 Å². The monoisotopic (exact) mass is 286 g/mol. The number of hydrogen-bond acceptors (Lipinski definition) is 6. The summed E-state index contributed by atoms with van der Waals surface area (Å²) in [4.78, 5) is 18.5. The van der Waals surface area contributed by atoms with Crippen LogP contribution < -0.4 is 5.32 Å². The minimum atomic E-state index is -0.469. The Morgan fingerprint density at radius 2 is 2.15 bits per heavy atom. The highest BCUT2D eigenvalue weighted by atomic mass is 32.1. The SMILES string of the molecule is Cc1nc2ccc(Nc3ccc([N+](=O)[O-])cn3)cc2s1. The highest BCUT2D eigenvalue weighted by Crippen LogP contribution is 2.26. The van der Waals surface area contributed by atoms with Crippen LogP contribution in [0.4, 0.5) is 17.2 Å². The van der Waals surface area contributed by atoms with Gasteiger partial charge in [0.1, 0.15) is 12.0 Å². The molecule has 0 spiro atoms. The van der Waals surface area contributed by atoms with E-state index in [1.54, 1.807) is 17.4 Å². The van der Waals surface area contributed by atoms with Gasteiger partial charge in [-0.05, 0) is 31.2 Å². The Morgan fingerprint density at radius 1 is 1.30 bits per heavy atom. The molecule has 100 valence electrons. The van der Waals surface area contributed by atoms with E-state index in [2.05, 4.69) is 15.3 Å². The molecule has 20 heavy (non-hydrogen) atoms. The van der Waals surface area contributed by atoms with Crippen LogP contribution in [0.25, 0.3) is 10.2 Å². The van der Waals surface area contributed by atoms with Gasteiger partial charge in [-0.15, -0.1) is 11.3 Å². The molecule has 0 unspecified atom stereocenters. The van der Waals surface area contributed by atoms with Gasteiger partial charge in [0.2, 0.25) is 0 Å². The lowest BCUT2D eigenvalue weighted by atomic mass is 10.3. The summed E-state index contributed by atoms with van der Waals surface area (Å²) in [5, 5.41) is 14.7. The molecule has 1 N–H and O–H groups in total. The molecule has 0 saturated carbocycles. The largest absolute Gasteiger partial charge is 0.340 e. The molecule has 6 nitrogen and oxygen atoms in total. The van der Waals surface area contributed by atoms with E-state index in [4.69, 9.17) is 0 Å². The van der Waals surface area contributed by atoms with Crippen molar-refractivity contribution in [2.45, 2.75) is 6.92 Å². The quantitative estimate of drug-likeness (QED) is 0.587. The molecule has 2 aromatic heterocycles. The summed E-state index contributed by atoms with van der Waals surface area (Å²) in [7, 11) is 0. The molecule has 0 radical (unpaired) electrons. The first kappa shape index (κ1) is 12.5. The van der Waals surface area contributed by atoms with Crippen molar-refractivity contribution in [2.24, 2.45) is 0 Å². The van der Waals surface area contributed by atoms with Gasteiger partial charge in [-0.3, -0.25) is 10.1 Å². The maximum absolute atomic E-state index is 10.6. The van der Waals surface area contributed by atoms with Crippen molar-refractivity contribution in [3.63, 3.8) is 0 Å². The first-order valence-corrected chi connectivity index (χ1v) is 6.68. The lowest BCUT2D eigenvalue weighted by Gasteiger charge is -2.04. The van der Waals surface area contributed by atoms with Gasteiger partial charge >= 0.3 is 0 Å². The third-order valence-electron chi connectivity index (χ3n) is 2.73. The van der Waals surface area contributed by atoms with Gasteiger partial charge in [0.25, 0.3) is 5.69 Å². The number of benzene rings is 1. The predicted molar refractivity (Wildman–Crippen MR) is 78.5 cm³/mol. The summed E-state index contributed by atoms with van der Waals surface area (Å²) < 4.78 is 1.09. The van der Waals surface area contributed by atoms with Crippen LogP contribution in [0.5, 0.6) is 0 Å². The van der Waals surface area contributed by atoms with E-state index in [1.165, 1.54) is 12.3 Å². The molecule has 3 aromatic rings. The highest BCUT2D eigenvalue weighted by Gasteiger charge is 2.06. The maximum Gasteiger partial charge on any atom is 0.287 e. The van der Waals surface area contributed by atoms with E-state index in [-0.39, 0.29) is 5.69 Å². The molecule has 2 heterocycles. The standard InChI is InChI=1S/C13H10N4O2S/c1-8-15-11-4-2-9(6-12(11)20-8)16-13-5-3-10(7-14-13)17(18)19/h2-7H,1H3,(H,14,16). The molecule has 1 aromatic carbocycles. The molecular formula is C13H10N4O2S. The molecule has 0 aliphatic heterocycles. The smallest absolute Gasteiger partial charge is 0.287 e. The number of aryl methyl sites for hydroxylation is 1. The lowest BCUT2D eigenvalue weighted by molar-refractivity contribution is -0.385. The van der Waals surface area contributed by atoms with Crippen molar-refractivity contribution in [1.29, 1.82) is 0 Å². The van der Waals surface area contributed by atoms with Gasteiger partial charge in [0, 0.05) is 11.8 Å². The number of hydrogen-bond donors (Lipinski definition) is 1. The fourth-order valence-electron chi connectivity index (χ4n) is 1.83. The van der Waals surface area contributed by atoms with Crippen LogP contribution in [0, 0.1) is 17.0 Å². The Morgan fingerprint density at radius 3 is 2.85 bits per heavy atom. The third kappa shape index (κ3) is 2.43. The molecule has 0 bridgehead atoms. The van der Waals surface area contributed by atoms with E-state index in [1.807, 2.05) is 25.1 Å². The summed E-state index contributed by atoms with van der Waals surface area (Å²) in [6.45, 7) is 1.97. The highest BCUT2D eigenvalue weighted by molar-refractivity contribution is 7.18. The molecular weight excluding hydrogens is 276 g/mol. The number of aromatic nitrogens is 2. The van der Waals surface area contributed by atoms with Crippen LogP contribution in [0.15, 0.2) is 36.5 Å². The zero-order valence-electron chi connectivity index (χ0n) is 10.5. The maximum atomic E-state index is 10.6. The minimum absolute atomic E-state index is 0.0240. The molecule has 0 fully saturated rings. The van der Waals surface area contributed by atoms with Gasteiger partial charge in [-0.25, -0.2) is 9.97 Å². The van der Waals surface area contributed by atoms with Gasteiger partial charge in [0.15, 0.2) is 0 Å². The summed E-state index contributed by atoms with van der Waals surface area (Å²) in [5.41, 5.74) is 1.82. The molecule has 0 amide bonds. The van der Waals surface area contributed by atoms with Crippen LogP contribution in [0.3, 0.4) is 0 Å². The Hall–Kier alpha value is -2.54. The number of thiazole rings is 1. The number of nitrogens with zero attached hydrogens (tertiary/aromatic N) is 3. The van der Waals surface area contributed by atoms with Gasteiger partial charge in [-0.2, -0.15) is 0 Å². The second-order valence-electron chi connectivity index (χ2n) is 4.20. The van der Waals surface area contributed by atoms with Crippen LogP contribution in [0.1, 0.15) is 5.01 Å². The normalized spacial score (nSPS) is 10.7. The Labute approximate surface area is 118 Å². The fraction of sp³-hybridized carbons (Fsp3) is 0.0769. The zero-order valence-corrected chi connectivity index (χ0v) is 11.3. The Kier molecular flexibility index (Phi) is 3.03. The van der Waals surface area contributed by atoms with E-state index in [0.29, 0.717) is 5.82 Å². The van der Waals surface area contributed by atoms with Gasteiger partial charge in [0.05, 0.1) is 20.1 Å². The summed E-state index contributed by atoms with van der Waals surface area (Å²) >= 11 is 1.62. The number of nitro groups is 1. The molecule has 0 saturated heterocycles. The molecule has 0 aliphatic rings. The Balaban J connectivity index is 1.86. The zero-order chi connectivity index (χ0) is 14.1.